The van der Waals surface area contributed by atoms with E-state index in [1.54, 1.807) is 0 Å². The summed E-state index contributed by atoms with van der Waals surface area (Å²) in [4.78, 5) is 14.0. The lowest BCUT2D eigenvalue weighted by atomic mass is 9.76. The third-order valence-electron chi connectivity index (χ3n) is 3.97. The number of rotatable bonds is 9. The Hall–Kier alpha value is -0.570. The highest BCUT2D eigenvalue weighted by molar-refractivity contribution is 5.75. The van der Waals surface area contributed by atoms with Crippen LogP contribution in [-0.2, 0) is 4.79 Å². The van der Waals surface area contributed by atoms with Crippen LogP contribution in [0.2, 0.25) is 0 Å². The summed E-state index contributed by atoms with van der Waals surface area (Å²) in [6.07, 6.45) is 6.14. The first-order valence-electron chi connectivity index (χ1n) is 7.77. The Morgan fingerprint density at radius 2 is 1.84 bits per heavy atom. The Bertz CT molecular complexity index is 246. The third-order valence-corrected chi connectivity index (χ3v) is 3.97. The SMILES string of the molecule is CCCCCN(C)C(=O)CCC(CCN)C(C)(C)C. The fourth-order valence-electron chi connectivity index (χ4n) is 2.42. The molecule has 0 heterocycles. The number of amides is 1. The second-order valence-electron chi connectivity index (χ2n) is 6.70. The molecule has 0 fully saturated rings. The van der Waals surface area contributed by atoms with Gasteiger partial charge in [0.25, 0.3) is 0 Å². The molecular formula is C16H34N2O. The second-order valence-corrected chi connectivity index (χ2v) is 6.70. The van der Waals surface area contributed by atoms with Crippen molar-refractivity contribution in [1.82, 2.24) is 4.90 Å². The van der Waals surface area contributed by atoms with Crippen LogP contribution >= 0.6 is 0 Å². The molecule has 3 nitrogen and oxygen atoms in total. The van der Waals surface area contributed by atoms with Crippen molar-refractivity contribution in [2.75, 3.05) is 20.1 Å². The molecule has 0 saturated heterocycles. The average molecular weight is 270 g/mol. The fourth-order valence-corrected chi connectivity index (χ4v) is 2.42. The Morgan fingerprint density at radius 3 is 2.32 bits per heavy atom. The third kappa shape index (κ3) is 8.25. The second kappa shape index (κ2) is 9.35. The van der Waals surface area contributed by atoms with Crippen LogP contribution in [0.15, 0.2) is 0 Å². The van der Waals surface area contributed by atoms with Gasteiger partial charge < -0.3 is 10.6 Å². The first-order valence-corrected chi connectivity index (χ1v) is 7.77. The van der Waals surface area contributed by atoms with Crippen molar-refractivity contribution in [2.45, 2.75) is 66.2 Å². The lowest BCUT2D eigenvalue weighted by Gasteiger charge is -2.31. The molecule has 1 amide bonds. The number of carbonyl (C=O) groups is 1. The maximum atomic E-state index is 12.1. The molecule has 0 bridgehead atoms. The summed E-state index contributed by atoms with van der Waals surface area (Å²) in [7, 11) is 1.92. The van der Waals surface area contributed by atoms with E-state index >= 15 is 0 Å². The summed E-state index contributed by atoms with van der Waals surface area (Å²) >= 11 is 0. The van der Waals surface area contributed by atoms with E-state index in [9.17, 15) is 4.79 Å². The van der Waals surface area contributed by atoms with Crippen LogP contribution in [0.3, 0.4) is 0 Å². The van der Waals surface area contributed by atoms with Crippen molar-refractivity contribution in [2.24, 2.45) is 17.1 Å². The quantitative estimate of drug-likeness (QED) is 0.652. The van der Waals surface area contributed by atoms with Crippen molar-refractivity contribution in [1.29, 1.82) is 0 Å². The maximum absolute atomic E-state index is 12.1. The van der Waals surface area contributed by atoms with Crippen LogP contribution in [0.1, 0.15) is 66.2 Å². The summed E-state index contributed by atoms with van der Waals surface area (Å²) in [5.41, 5.74) is 5.91. The predicted octanol–water partition coefficient (Wildman–Crippen LogP) is 3.43. The number of carbonyl (C=O) groups excluding carboxylic acids is 1. The molecule has 0 aromatic carbocycles. The first kappa shape index (κ1) is 18.4. The summed E-state index contributed by atoms with van der Waals surface area (Å²) in [6, 6.07) is 0. The van der Waals surface area contributed by atoms with E-state index in [0.29, 0.717) is 18.9 Å². The zero-order valence-electron chi connectivity index (χ0n) is 13.7. The van der Waals surface area contributed by atoms with E-state index in [4.69, 9.17) is 5.73 Å². The Kier molecular flexibility index (Phi) is 9.07. The highest BCUT2D eigenvalue weighted by Crippen LogP contribution is 2.32. The van der Waals surface area contributed by atoms with Gasteiger partial charge in [-0.05, 0) is 37.1 Å². The van der Waals surface area contributed by atoms with Crippen LogP contribution in [0.4, 0.5) is 0 Å². The van der Waals surface area contributed by atoms with Gasteiger partial charge in [-0.15, -0.1) is 0 Å². The van der Waals surface area contributed by atoms with Gasteiger partial charge in [0.15, 0.2) is 0 Å². The van der Waals surface area contributed by atoms with Gasteiger partial charge in [0.2, 0.25) is 5.91 Å². The van der Waals surface area contributed by atoms with E-state index < -0.39 is 0 Å². The van der Waals surface area contributed by atoms with Crippen molar-refractivity contribution in [3.8, 4) is 0 Å². The van der Waals surface area contributed by atoms with Crippen LogP contribution in [0.5, 0.6) is 0 Å². The number of nitrogens with zero attached hydrogens (tertiary/aromatic N) is 1. The van der Waals surface area contributed by atoms with E-state index in [2.05, 4.69) is 27.7 Å². The molecule has 0 aliphatic carbocycles. The number of unbranched alkanes of at least 4 members (excludes halogenated alkanes) is 2. The standard InChI is InChI=1S/C16H34N2O/c1-6-7-8-13-18(5)15(19)10-9-14(11-12-17)16(2,3)4/h14H,6-13,17H2,1-5H3. The molecule has 0 aliphatic heterocycles. The molecule has 0 radical (unpaired) electrons. The molecule has 0 aromatic rings. The zero-order chi connectivity index (χ0) is 14.9. The normalized spacial score (nSPS) is 13.4. The lowest BCUT2D eigenvalue weighted by molar-refractivity contribution is -0.130. The van der Waals surface area contributed by atoms with Gasteiger partial charge in [0.1, 0.15) is 0 Å². The van der Waals surface area contributed by atoms with E-state index in [1.807, 2.05) is 11.9 Å². The Labute approximate surface area is 119 Å². The van der Waals surface area contributed by atoms with Crippen molar-refractivity contribution >= 4 is 5.91 Å². The van der Waals surface area contributed by atoms with Crippen molar-refractivity contribution in [3.63, 3.8) is 0 Å². The van der Waals surface area contributed by atoms with Crippen molar-refractivity contribution in [3.05, 3.63) is 0 Å². The fraction of sp³-hybridized carbons (Fsp3) is 0.938. The minimum absolute atomic E-state index is 0.237. The molecule has 3 heteroatoms. The van der Waals surface area contributed by atoms with Gasteiger partial charge >= 0.3 is 0 Å². The molecule has 114 valence electrons. The molecule has 0 saturated carbocycles. The minimum Gasteiger partial charge on any atom is -0.346 e. The topological polar surface area (TPSA) is 46.3 Å². The highest BCUT2D eigenvalue weighted by atomic mass is 16.2. The van der Waals surface area contributed by atoms with Crippen LogP contribution in [0, 0.1) is 11.3 Å². The smallest absolute Gasteiger partial charge is 0.222 e. The maximum Gasteiger partial charge on any atom is 0.222 e. The number of hydrogen-bond donors (Lipinski definition) is 1. The average Bonchev–Trinajstić information content (AvgIpc) is 2.32. The Morgan fingerprint density at radius 1 is 1.21 bits per heavy atom. The number of nitrogens with two attached hydrogens (primary N) is 1. The Balaban J connectivity index is 4.10. The lowest BCUT2D eigenvalue weighted by Crippen LogP contribution is -2.30. The number of hydrogen-bond acceptors (Lipinski definition) is 2. The summed E-state index contributed by atoms with van der Waals surface area (Å²) in [5, 5.41) is 0. The van der Waals surface area contributed by atoms with Gasteiger partial charge in [-0.3, -0.25) is 4.79 Å². The van der Waals surface area contributed by atoms with Crippen molar-refractivity contribution < 1.29 is 4.79 Å². The molecule has 0 aliphatic rings. The largest absolute Gasteiger partial charge is 0.346 e. The van der Waals surface area contributed by atoms with Crippen LogP contribution in [-0.4, -0.2) is 30.9 Å². The molecule has 0 aromatic heterocycles. The highest BCUT2D eigenvalue weighted by Gasteiger charge is 2.24. The zero-order valence-corrected chi connectivity index (χ0v) is 13.7. The van der Waals surface area contributed by atoms with Gasteiger partial charge in [-0.1, -0.05) is 40.5 Å². The summed E-state index contributed by atoms with van der Waals surface area (Å²) < 4.78 is 0. The summed E-state index contributed by atoms with van der Waals surface area (Å²) in [6.45, 7) is 10.5. The van der Waals surface area contributed by atoms with E-state index in [0.717, 1.165) is 25.8 Å². The van der Waals surface area contributed by atoms with Gasteiger partial charge in [-0.25, -0.2) is 0 Å². The molecule has 1 unspecified atom stereocenters. The molecule has 2 N–H and O–H groups in total. The van der Waals surface area contributed by atoms with E-state index in [-0.39, 0.29) is 11.3 Å². The van der Waals surface area contributed by atoms with E-state index in [1.165, 1.54) is 12.8 Å². The monoisotopic (exact) mass is 270 g/mol. The molecule has 0 rings (SSSR count). The van der Waals surface area contributed by atoms with Gasteiger partial charge in [0, 0.05) is 20.0 Å². The van der Waals surface area contributed by atoms with Crippen LogP contribution < -0.4 is 5.73 Å². The van der Waals surface area contributed by atoms with Crippen LogP contribution in [0.25, 0.3) is 0 Å². The first-order chi connectivity index (χ1) is 8.82. The molecule has 0 spiro atoms. The molecule has 19 heavy (non-hydrogen) atoms. The van der Waals surface area contributed by atoms with Gasteiger partial charge in [-0.2, -0.15) is 0 Å². The summed E-state index contributed by atoms with van der Waals surface area (Å²) in [5.74, 6) is 0.813. The predicted molar refractivity (Wildman–Crippen MR) is 83.0 cm³/mol. The molecular weight excluding hydrogens is 236 g/mol. The molecule has 1 atom stereocenters. The minimum atomic E-state index is 0.237. The van der Waals surface area contributed by atoms with Gasteiger partial charge in [0.05, 0.1) is 0 Å².